The molecule has 1 fully saturated rings. The van der Waals surface area contributed by atoms with Crippen molar-refractivity contribution in [3.8, 4) is 0 Å². The minimum Gasteiger partial charge on any atom is -0.392 e. The maximum absolute atomic E-state index is 14.0. The summed E-state index contributed by atoms with van der Waals surface area (Å²) in [5.74, 6) is -0.0855. The molecular weight excluding hydrogens is 349 g/mol. The Bertz CT molecular complexity index is 602. The van der Waals surface area contributed by atoms with E-state index in [0.29, 0.717) is 16.9 Å². The van der Waals surface area contributed by atoms with Crippen LogP contribution in [0.15, 0.2) is 21.5 Å². The molecule has 0 spiro atoms. The second kappa shape index (κ2) is 6.09. The molecule has 1 aliphatic rings. The van der Waals surface area contributed by atoms with Crippen LogP contribution < -0.4 is 4.72 Å². The molecule has 1 atom stereocenters. The predicted octanol–water partition coefficient (Wildman–Crippen LogP) is 2.40. The van der Waals surface area contributed by atoms with Crippen LogP contribution in [0.25, 0.3) is 0 Å². The molecule has 20 heavy (non-hydrogen) atoms. The van der Waals surface area contributed by atoms with Crippen molar-refractivity contribution in [1.29, 1.82) is 0 Å². The molecule has 1 aromatic rings. The van der Waals surface area contributed by atoms with E-state index in [1.54, 1.807) is 0 Å². The first-order valence-corrected chi connectivity index (χ1v) is 8.71. The van der Waals surface area contributed by atoms with E-state index in [1.807, 2.05) is 6.92 Å². The van der Waals surface area contributed by atoms with Gasteiger partial charge in [-0.05, 0) is 36.8 Å². The van der Waals surface area contributed by atoms with Crippen LogP contribution in [0.3, 0.4) is 0 Å². The van der Waals surface area contributed by atoms with Crippen LogP contribution in [-0.4, -0.2) is 20.1 Å². The lowest BCUT2D eigenvalue weighted by molar-refractivity contribution is 0.274. The molecule has 7 heteroatoms. The van der Waals surface area contributed by atoms with Gasteiger partial charge in [0.2, 0.25) is 10.0 Å². The van der Waals surface area contributed by atoms with E-state index < -0.39 is 27.3 Å². The minimum atomic E-state index is -3.91. The van der Waals surface area contributed by atoms with Crippen molar-refractivity contribution >= 4 is 26.0 Å². The molecule has 112 valence electrons. The topological polar surface area (TPSA) is 66.4 Å². The lowest BCUT2D eigenvalue weighted by Gasteiger charge is -2.13. The molecule has 0 radical (unpaired) electrons. The lowest BCUT2D eigenvalue weighted by atomic mass is 10.1. The highest BCUT2D eigenvalue weighted by atomic mass is 79.9. The lowest BCUT2D eigenvalue weighted by Crippen LogP contribution is -2.30. The Labute approximate surface area is 126 Å². The SMILES string of the molecule is CC(CNS(=O)(=O)c1cc(Br)cc(CO)c1F)C1CC1. The van der Waals surface area contributed by atoms with Gasteiger partial charge in [-0.15, -0.1) is 0 Å². The third kappa shape index (κ3) is 3.58. The molecule has 1 aliphatic carbocycles. The summed E-state index contributed by atoms with van der Waals surface area (Å²) in [5.41, 5.74) is -0.0463. The molecular formula is C13H17BrFNO3S. The number of aliphatic hydroxyl groups excluding tert-OH is 1. The zero-order chi connectivity index (χ0) is 14.9. The molecule has 1 aromatic carbocycles. The van der Waals surface area contributed by atoms with Crippen LogP contribution in [0.1, 0.15) is 25.3 Å². The summed E-state index contributed by atoms with van der Waals surface area (Å²) in [6, 6.07) is 2.57. The summed E-state index contributed by atoms with van der Waals surface area (Å²) >= 11 is 3.12. The fraction of sp³-hybridized carbons (Fsp3) is 0.538. The zero-order valence-electron chi connectivity index (χ0n) is 11.1. The van der Waals surface area contributed by atoms with Crippen molar-refractivity contribution in [1.82, 2.24) is 4.72 Å². The number of halogens is 2. The van der Waals surface area contributed by atoms with Crippen LogP contribution in [0.4, 0.5) is 4.39 Å². The number of benzene rings is 1. The van der Waals surface area contributed by atoms with Crippen LogP contribution >= 0.6 is 15.9 Å². The van der Waals surface area contributed by atoms with Crippen molar-refractivity contribution in [3.05, 3.63) is 28.0 Å². The van der Waals surface area contributed by atoms with E-state index >= 15 is 0 Å². The van der Waals surface area contributed by atoms with Crippen LogP contribution in [-0.2, 0) is 16.6 Å². The average Bonchev–Trinajstić information content (AvgIpc) is 3.22. The van der Waals surface area contributed by atoms with E-state index in [0.717, 1.165) is 12.8 Å². The molecule has 0 saturated heterocycles. The molecule has 0 aliphatic heterocycles. The molecule has 2 N–H and O–H groups in total. The highest BCUT2D eigenvalue weighted by Gasteiger charge is 2.29. The Kier molecular flexibility index (Phi) is 4.84. The van der Waals surface area contributed by atoms with Gasteiger partial charge in [-0.1, -0.05) is 22.9 Å². The van der Waals surface area contributed by atoms with Gasteiger partial charge in [-0.2, -0.15) is 0 Å². The normalized spacial score (nSPS) is 17.2. The number of nitrogens with one attached hydrogen (secondary N) is 1. The number of aliphatic hydroxyl groups is 1. The quantitative estimate of drug-likeness (QED) is 0.813. The maximum Gasteiger partial charge on any atom is 0.243 e. The smallest absolute Gasteiger partial charge is 0.243 e. The second-order valence-corrected chi connectivity index (χ2v) is 7.85. The largest absolute Gasteiger partial charge is 0.392 e. The Hall–Kier alpha value is -0.500. The summed E-state index contributed by atoms with van der Waals surface area (Å²) in [5, 5.41) is 9.06. The van der Waals surface area contributed by atoms with Gasteiger partial charge >= 0.3 is 0 Å². The van der Waals surface area contributed by atoms with Gasteiger partial charge in [0, 0.05) is 16.6 Å². The van der Waals surface area contributed by atoms with E-state index in [1.165, 1.54) is 12.1 Å². The van der Waals surface area contributed by atoms with Crippen LogP contribution in [0.2, 0.25) is 0 Å². The Morgan fingerprint density at radius 3 is 2.70 bits per heavy atom. The van der Waals surface area contributed by atoms with Gasteiger partial charge in [0.15, 0.2) is 0 Å². The van der Waals surface area contributed by atoms with Gasteiger partial charge in [0.05, 0.1) is 6.61 Å². The van der Waals surface area contributed by atoms with E-state index in [2.05, 4.69) is 20.7 Å². The van der Waals surface area contributed by atoms with Gasteiger partial charge < -0.3 is 5.11 Å². The van der Waals surface area contributed by atoms with Crippen LogP contribution in [0, 0.1) is 17.7 Å². The number of sulfonamides is 1. The minimum absolute atomic E-state index is 0.0463. The first kappa shape index (κ1) is 15.9. The Morgan fingerprint density at radius 2 is 2.15 bits per heavy atom. The summed E-state index contributed by atoms with van der Waals surface area (Å²) < 4.78 is 41.2. The Morgan fingerprint density at radius 1 is 1.50 bits per heavy atom. The zero-order valence-corrected chi connectivity index (χ0v) is 13.5. The van der Waals surface area contributed by atoms with Crippen molar-refractivity contribution < 1.29 is 17.9 Å². The summed E-state index contributed by atoms with van der Waals surface area (Å²) in [6.07, 6.45) is 2.26. The predicted molar refractivity (Wildman–Crippen MR) is 77.1 cm³/mol. The molecule has 0 heterocycles. The Balaban J connectivity index is 2.22. The van der Waals surface area contributed by atoms with Gasteiger partial charge in [-0.3, -0.25) is 0 Å². The number of rotatable bonds is 6. The third-order valence-corrected chi connectivity index (χ3v) is 5.44. The molecule has 4 nitrogen and oxygen atoms in total. The molecule has 0 aromatic heterocycles. The van der Waals surface area contributed by atoms with E-state index in [9.17, 15) is 12.8 Å². The van der Waals surface area contributed by atoms with E-state index in [-0.39, 0.29) is 11.5 Å². The summed E-state index contributed by atoms with van der Waals surface area (Å²) in [4.78, 5) is -0.432. The molecule has 0 bridgehead atoms. The van der Waals surface area contributed by atoms with Gasteiger partial charge in [0.25, 0.3) is 0 Å². The number of hydrogen-bond acceptors (Lipinski definition) is 3. The molecule has 1 unspecified atom stereocenters. The average molecular weight is 366 g/mol. The van der Waals surface area contributed by atoms with Crippen molar-refractivity contribution in [2.45, 2.75) is 31.3 Å². The van der Waals surface area contributed by atoms with E-state index in [4.69, 9.17) is 5.11 Å². The third-order valence-electron chi connectivity index (χ3n) is 3.56. The fourth-order valence-electron chi connectivity index (χ4n) is 2.08. The first-order chi connectivity index (χ1) is 9.35. The molecule has 1 saturated carbocycles. The van der Waals surface area contributed by atoms with Crippen LogP contribution in [0.5, 0.6) is 0 Å². The first-order valence-electron chi connectivity index (χ1n) is 6.43. The maximum atomic E-state index is 14.0. The second-order valence-electron chi connectivity index (χ2n) is 5.20. The fourth-order valence-corrected chi connectivity index (χ4v) is 4.02. The standard InChI is InChI=1S/C13H17BrFNO3S/c1-8(9-2-3-9)6-16-20(18,19)12-5-11(14)4-10(7-17)13(12)15/h4-5,8-9,16-17H,2-3,6-7H2,1H3. The highest BCUT2D eigenvalue weighted by Crippen LogP contribution is 2.36. The van der Waals surface area contributed by atoms with Crippen molar-refractivity contribution in [3.63, 3.8) is 0 Å². The van der Waals surface area contributed by atoms with Crippen molar-refractivity contribution in [2.24, 2.45) is 11.8 Å². The van der Waals surface area contributed by atoms with Gasteiger partial charge in [-0.25, -0.2) is 17.5 Å². The number of hydrogen-bond donors (Lipinski definition) is 2. The van der Waals surface area contributed by atoms with Crippen molar-refractivity contribution in [2.75, 3.05) is 6.54 Å². The monoisotopic (exact) mass is 365 g/mol. The highest BCUT2D eigenvalue weighted by molar-refractivity contribution is 9.10. The summed E-state index contributed by atoms with van der Waals surface area (Å²) in [6.45, 7) is 1.73. The summed E-state index contributed by atoms with van der Waals surface area (Å²) in [7, 11) is -3.91. The molecule has 0 amide bonds. The van der Waals surface area contributed by atoms with Gasteiger partial charge in [0.1, 0.15) is 10.7 Å². The molecule has 2 rings (SSSR count).